The van der Waals surface area contributed by atoms with Crippen molar-refractivity contribution in [2.75, 3.05) is 19.5 Å². The molecule has 15 heavy (non-hydrogen) atoms. The normalized spacial score (nSPS) is 10.1. The second-order valence-electron chi connectivity index (χ2n) is 3.43. The van der Waals surface area contributed by atoms with Gasteiger partial charge in [0.25, 0.3) is 0 Å². The molecule has 1 rings (SSSR count). The third kappa shape index (κ3) is 4.04. The van der Waals surface area contributed by atoms with Gasteiger partial charge < -0.3 is 9.47 Å². The van der Waals surface area contributed by atoms with E-state index in [0.717, 1.165) is 36.7 Å². The van der Waals surface area contributed by atoms with Crippen molar-refractivity contribution in [2.45, 2.75) is 19.8 Å². The van der Waals surface area contributed by atoms with E-state index in [2.05, 4.69) is 12.6 Å². The van der Waals surface area contributed by atoms with Gasteiger partial charge in [0.2, 0.25) is 0 Å². The molecule has 1 aromatic carbocycles. The summed E-state index contributed by atoms with van der Waals surface area (Å²) >= 11 is 4.15. The topological polar surface area (TPSA) is 18.5 Å². The predicted octanol–water partition coefficient (Wildman–Crippen LogP) is 3.09. The average molecular weight is 226 g/mol. The molecule has 0 aliphatic carbocycles. The first-order valence-electron chi connectivity index (χ1n) is 5.16. The Morgan fingerprint density at radius 3 is 2.67 bits per heavy atom. The first-order chi connectivity index (χ1) is 7.27. The Hall–Kier alpha value is -0.830. The fraction of sp³-hybridized carbons (Fsp3) is 0.500. The van der Waals surface area contributed by atoms with Crippen molar-refractivity contribution < 1.29 is 9.47 Å². The molecule has 0 bridgehead atoms. The van der Waals surface area contributed by atoms with E-state index < -0.39 is 0 Å². The van der Waals surface area contributed by atoms with Gasteiger partial charge in [-0.3, -0.25) is 0 Å². The van der Waals surface area contributed by atoms with Crippen LogP contribution in [0.1, 0.15) is 18.4 Å². The summed E-state index contributed by atoms with van der Waals surface area (Å²) in [4.78, 5) is 0. The molecule has 0 unspecified atom stereocenters. The van der Waals surface area contributed by atoms with E-state index in [-0.39, 0.29) is 0 Å². The summed E-state index contributed by atoms with van der Waals surface area (Å²) in [5.74, 6) is 2.54. The van der Waals surface area contributed by atoms with Crippen LogP contribution in [0.15, 0.2) is 18.2 Å². The lowest BCUT2D eigenvalue weighted by molar-refractivity contribution is 0.288. The predicted molar refractivity (Wildman–Crippen MR) is 66.3 cm³/mol. The van der Waals surface area contributed by atoms with Crippen LogP contribution in [0.3, 0.4) is 0 Å². The van der Waals surface area contributed by atoms with E-state index in [1.165, 1.54) is 5.56 Å². The Kier molecular flexibility index (Phi) is 5.40. The number of unbranched alkanes of at least 4 members (excludes halogenated alkanes) is 1. The lowest BCUT2D eigenvalue weighted by atomic mass is 10.2. The average Bonchev–Trinajstić information content (AvgIpc) is 2.26. The van der Waals surface area contributed by atoms with Gasteiger partial charge in [0.1, 0.15) is 0 Å². The van der Waals surface area contributed by atoms with Crippen molar-refractivity contribution in [3.63, 3.8) is 0 Å². The number of ether oxygens (including phenoxy) is 2. The summed E-state index contributed by atoms with van der Waals surface area (Å²) in [6.45, 7) is 2.76. The van der Waals surface area contributed by atoms with Gasteiger partial charge >= 0.3 is 0 Å². The molecule has 0 saturated carbocycles. The highest BCUT2D eigenvalue weighted by Crippen LogP contribution is 2.27. The zero-order chi connectivity index (χ0) is 11.1. The minimum Gasteiger partial charge on any atom is -0.493 e. The SMILES string of the molecule is COc1cc(C)ccc1OCCCCS. The number of methoxy groups -OCH3 is 1. The molecule has 0 saturated heterocycles. The summed E-state index contributed by atoms with van der Waals surface area (Å²) in [5, 5.41) is 0. The Morgan fingerprint density at radius 1 is 1.20 bits per heavy atom. The maximum Gasteiger partial charge on any atom is 0.161 e. The van der Waals surface area contributed by atoms with E-state index in [1.807, 2.05) is 25.1 Å². The van der Waals surface area contributed by atoms with Crippen LogP contribution >= 0.6 is 12.6 Å². The fourth-order valence-corrected chi connectivity index (χ4v) is 1.51. The van der Waals surface area contributed by atoms with Gasteiger partial charge in [-0.05, 0) is 43.2 Å². The monoisotopic (exact) mass is 226 g/mol. The summed E-state index contributed by atoms with van der Waals surface area (Å²) in [6.07, 6.45) is 2.11. The standard InChI is InChI=1S/C12H18O2S/c1-10-5-6-11(12(9-10)13-2)14-7-3-4-8-15/h5-6,9,15H,3-4,7-8H2,1-2H3. The van der Waals surface area contributed by atoms with Crippen LogP contribution < -0.4 is 9.47 Å². The third-order valence-electron chi connectivity index (χ3n) is 2.13. The Morgan fingerprint density at radius 2 is 2.00 bits per heavy atom. The van der Waals surface area contributed by atoms with Crippen LogP contribution in [0.4, 0.5) is 0 Å². The third-order valence-corrected chi connectivity index (χ3v) is 2.45. The largest absolute Gasteiger partial charge is 0.493 e. The van der Waals surface area contributed by atoms with Gasteiger partial charge in [-0.2, -0.15) is 12.6 Å². The van der Waals surface area contributed by atoms with Crippen molar-refractivity contribution in [1.29, 1.82) is 0 Å². The van der Waals surface area contributed by atoms with E-state index in [4.69, 9.17) is 9.47 Å². The van der Waals surface area contributed by atoms with Crippen LogP contribution in [-0.4, -0.2) is 19.5 Å². The summed E-state index contributed by atoms with van der Waals surface area (Å²) in [6, 6.07) is 5.96. The molecule has 0 spiro atoms. The van der Waals surface area contributed by atoms with Crippen molar-refractivity contribution in [2.24, 2.45) is 0 Å². The van der Waals surface area contributed by atoms with Gasteiger partial charge in [0.05, 0.1) is 13.7 Å². The van der Waals surface area contributed by atoms with Crippen molar-refractivity contribution in [1.82, 2.24) is 0 Å². The lowest BCUT2D eigenvalue weighted by Gasteiger charge is -2.10. The minimum atomic E-state index is 0.722. The molecule has 0 heterocycles. The van der Waals surface area contributed by atoms with Crippen molar-refractivity contribution >= 4 is 12.6 Å². The first kappa shape index (κ1) is 12.2. The van der Waals surface area contributed by atoms with Crippen LogP contribution in [0, 0.1) is 6.92 Å². The van der Waals surface area contributed by atoms with Gasteiger partial charge in [-0.1, -0.05) is 6.07 Å². The molecule has 0 fully saturated rings. The Labute approximate surface area is 97.0 Å². The van der Waals surface area contributed by atoms with Crippen molar-refractivity contribution in [3.05, 3.63) is 23.8 Å². The highest BCUT2D eigenvalue weighted by molar-refractivity contribution is 7.80. The fourth-order valence-electron chi connectivity index (χ4n) is 1.29. The molecule has 0 atom stereocenters. The van der Waals surface area contributed by atoms with E-state index in [9.17, 15) is 0 Å². The second kappa shape index (κ2) is 6.62. The van der Waals surface area contributed by atoms with E-state index in [1.54, 1.807) is 7.11 Å². The molecule has 0 aromatic heterocycles. The Bertz CT molecular complexity index is 300. The summed E-state index contributed by atoms with van der Waals surface area (Å²) in [5.41, 5.74) is 1.18. The molecular weight excluding hydrogens is 208 g/mol. The molecule has 0 radical (unpaired) electrons. The molecular formula is C12H18O2S. The van der Waals surface area contributed by atoms with Gasteiger partial charge in [-0.15, -0.1) is 0 Å². The molecule has 0 N–H and O–H groups in total. The van der Waals surface area contributed by atoms with E-state index in [0.29, 0.717) is 0 Å². The number of thiol groups is 1. The van der Waals surface area contributed by atoms with Gasteiger partial charge in [0.15, 0.2) is 11.5 Å². The van der Waals surface area contributed by atoms with Crippen molar-refractivity contribution in [3.8, 4) is 11.5 Å². The number of hydrogen-bond donors (Lipinski definition) is 1. The molecule has 0 aliphatic heterocycles. The van der Waals surface area contributed by atoms with E-state index >= 15 is 0 Å². The number of hydrogen-bond acceptors (Lipinski definition) is 3. The lowest BCUT2D eigenvalue weighted by Crippen LogP contribution is -1.99. The number of aryl methyl sites for hydroxylation is 1. The molecule has 3 heteroatoms. The van der Waals surface area contributed by atoms with Gasteiger partial charge in [0, 0.05) is 0 Å². The minimum absolute atomic E-state index is 0.722. The van der Waals surface area contributed by atoms with Crippen LogP contribution in [0.5, 0.6) is 11.5 Å². The van der Waals surface area contributed by atoms with Crippen LogP contribution in [0.25, 0.3) is 0 Å². The van der Waals surface area contributed by atoms with Crippen LogP contribution in [0.2, 0.25) is 0 Å². The number of rotatable bonds is 6. The molecule has 1 aromatic rings. The highest BCUT2D eigenvalue weighted by Gasteiger charge is 2.03. The smallest absolute Gasteiger partial charge is 0.161 e. The van der Waals surface area contributed by atoms with Crippen LogP contribution in [-0.2, 0) is 0 Å². The first-order valence-corrected chi connectivity index (χ1v) is 5.79. The molecule has 2 nitrogen and oxygen atoms in total. The molecule has 0 amide bonds. The Balaban J connectivity index is 2.52. The quantitative estimate of drug-likeness (QED) is 0.593. The zero-order valence-electron chi connectivity index (χ0n) is 9.32. The highest BCUT2D eigenvalue weighted by atomic mass is 32.1. The van der Waals surface area contributed by atoms with Gasteiger partial charge in [-0.25, -0.2) is 0 Å². The molecule has 0 aliphatic rings. The summed E-state index contributed by atoms with van der Waals surface area (Å²) in [7, 11) is 1.66. The maximum absolute atomic E-state index is 5.63. The maximum atomic E-state index is 5.63. The molecule has 84 valence electrons. The second-order valence-corrected chi connectivity index (χ2v) is 3.88. The zero-order valence-corrected chi connectivity index (χ0v) is 10.2. The number of benzene rings is 1. The summed E-state index contributed by atoms with van der Waals surface area (Å²) < 4.78 is 10.9.